The molecule has 1 aliphatic heterocycles. The van der Waals surface area contributed by atoms with Crippen LogP contribution in [0, 0.1) is 13.8 Å². The SMILES string of the molecule is Cc1ccc(NC(=O)C2(c3ccc4c(c3)OCC4)CC2)nc1C. The van der Waals surface area contributed by atoms with Crippen LogP contribution in [0.2, 0.25) is 0 Å². The normalized spacial score (nSPS) is 17.3. The van der Waals surface area contributed by atoms with Crippen molar-refractivity contribution in [3.05, 3.63) is 52.7 Å². The Labute approximate surface area is 135 Å². The summed E-state index contributed by atoms with van der Waals surface area (Å²) in [6, 6.07) is 10.1. The second-order valence-corrected chi connectivity index (χ2v) is 6.56. The van der Waals surface area contributed by atoms with Crippen molar-refractivity contribution in [1.82, 2.24) is 4.98 Å². The highest BCUT2D eigenvalue weighted by molar-refractivity contribution is 6.01. The highest BCUT2D eigenvalue weighted by atomic mass is 16.5. The van der Waals surface area contributed by atoms with Gasteiger partial charge in [0.15, 0.2) is 0 Å². The molecule has 0 spiro atoms. The van der Waals surface area contributed by atoms with E-state index in [0.717, 1.165) is 48.4 Å². The van der Waals surface area contributed by atoms with Crippen molar-refractivity contribution >= 4 is 11.7 Å². The molecule has 1 aliphatic carbocycles. The molecule has 1 aromatic carbocycles. The van der Waals surface area contributed by atoms with Crippen LogP contribution in [0.3, 0.4) is 0 Å². The maximum Gasteiger partial charge on any atom is 0.236 e. The third-order valence-corrected chi connectivity index (χ3v) is 5.03. The van der Waals surface area contributed by atoms with Gasteiger partial charge in [-0.3, -0.25) is 4.79 Å². The second kappa shape index (κ2) is 5.08. The van der Waals surface area contributed by atoms with Crippen molar-refractivity contribution in [3.8, 4) is 5.75 Å². The highest BCUT2D eigenvalue weighted by Gasteiger charge is 2.51. The zero-order chi connectivity index (χ0) is 16.0. The van der Waals surface area contributed by atoms with Gasteiger partial charge in [-0.2, -0.15) is 0 Å². The molecule has 2 aliphatic rings. The van der Waals surface area contributed by atoms with Crippen molar-refractivity contribution in [1.29, 1.82) is 0 Å². The molecule has 1 N–H and O–H groups in total. The Bertz CT molecular complexity index is 794. The number of rotatable bonds is 3. The summed E-state index contributed by atoms with van der Waals surface area (Å²) in [5.74, 6) is 1.60. The lowest BCUT2D eigenvalue weighted by atomic mass is 9.93. The first-order valence-corrected chi connectivity index (χ1v) is 8.10. The van der Waals surface area contributed by atoms with Gasteiger partial charge in [-0.1, -0.05) is 18.2 Å². The van der Waals surface area contributed by atoms with Crippen LogP contribution in [0.15, 0.2) is 30.3 Å². The summed E-state index contributed by atoms with van der Waals surface area (Å²) < 4.78 is 5.64. The van der Waals surface area contributed by atoms with Gasteiger partial charge in [-0.15, -0.1) is 0 Å². The number of pyridine rings is 1. The van der Waals surface area contributed by atoms with E-state index in [-0.39, 0.29) is 5.91 Å². The Hall–Kier alpha value is -2.36. The number of aryl methyl sites for hydroxylation is 2. The highest BCUT2D eigenvalue weighted by Crippen LogP contribution is 2.50. The number of fused-ring (bicyclic) bond motifs is 1. The number of hydrogen-bond donors (Lipinski definition) is 1. The minimum absolute atomic E-state index is 0.0335. The van der Waals surface area contributed by atoms with E-state index in [0.29, 0.717) is 5.82 Å². The van der Waals surface area contributed by atoms with Crippen molar-refractivity contribution in [3.63, 3.8) is 0 Å². The standard InChI is InChI=1S/C19H20N2O2/c1-12-3-6-17(20-13(12)2)21-18(22)19(8-9-19)15-5-4-14-7-10-23-16(14)11-15/h3-6,11H,7-10H2,1-2H3,(H,20,21,22). The number of hydrogen-bond acceptors (Lipinski definition) is 3. The molecule has 4 rings (SSSR count). The van der Waals surface area contributed by atoms with Gasteiger partial charge < -0.3 is 10.1 Å². The van der Waals surface area contributed by atoms with E-state index in [1.165, 1.54) is 5.56 Å². The molecule has 23 heavy (non-hydrogen) atoms. The number of benzene rings is 1. The van der Waals surface area contributed by atoms with E-state index in [2.05, 4.69) is 22.4 Å². The van der Waals surface area contributed by atoms with Crippen LogP contribution in [0.1, 0.15) is 35.2 Å². The van der Waals surface area contributed by atoms with E-state index in [1.807, 2.05) is 32.0 Å². The summed E-state index contributed by atoms with van der Waals surface area (Å²) >= 11 is 0. The van der Waals surface area contributed by atoms with Gasteiger partial charge in [-0.05, 0) is 55.5 Å². The Morgan fingerprint density at radius 3 is 2.78 bits per heavy atom. The first kappa shape index (κ1) is 14.2. The van der Waals surface area contributed by atoms with Crippen molar-refractivity contribution in [2.45, 2.75) is 38.5 Å². The fraction of sp³-hybridized carbons (Fsp3) is 0.368. The molecule has 0 bridgehead atoms. The quantitative estimate of drug-likeness (QED) is 0.946. The molecule has 2 aromatic rings. The lowest BCUT2D eigenvalue weighted by molar-refractivity contribution is -0.118. The molecule has 1 fully saturated rings. The zero-order valence-electron chi connectivity index (χ0n) is 13.5. The maximum absolute atomic E-state index is 12.8. The fourth-order valence-electron chi connectivity index (χ4n) is 3.17. The van der Waals surface area contributed by atoms with Gasteiger partial charge in [0.2, 0.25) is 5.91 Å². The third kappa shape index (κ3) is 2.38. The Kier molecular flexibility index (Phi) is 3.15. The molecule has 4 nitrogen and oxygen atoms in total. The number of nitrogens with one attached hydrogen (secondary N) is 1. The van der Waals surface area contributed by atoms with E-state index in [4.69, 9.17) is 4.74 Å². The van der Waals surface area contributed by atoms with Gasteiger partial charge in [0, 0.05) is 12.1 Å². The summed E-state index contributed by atoms with van der Waals surface area (Å²) in [6.45, 7) is 4.71. The van der Waals surface area contributed by atoms with Crippen molar-refractivity contribution in [2.24, 2.45) is 0 Å². The first-order chi connectivity index (χ1) is 11.1. The molecular weight excluding hydrogens is 288 g/mol. The van der Waals surface area contributed by atoms with Gasteiger partial charge in [0.1, 0.15) is 11.6 Å². The van der Waals surface area contributed by atoms with Crippen LogP contribution in [-0.2, 0) is 16.6 Å². The van der Waals surface area contributed by atoms with Crippen LogP contribution in [-0.4, -0.2) is 17.5 Å². The topological polar surface area (TPSA) is 51.2 Å². The summed E-state index contributed by atoms with van der Waals surface area (Å²) in [7, 11) is 0. The summed E-state index contributed by atoms with van der Waals surface area (Å²) in [5.41, 5.74) is 3.94. The molecule has 1 saturated carbocycles. The second-order valence-electron chi connectivity index (χ2n) is 6.56. The van der Waals surface area contributed by atoms with Crippen LogP contribution in [0.4, 0.5) is 5.82 Å². The Morgan fingerprint density at radius 2 is 2.04 bits per heavy atom. The molecule has 0 saturated heterocycles. The lowest BCUT2D eigenvalue weighted by Gasteiger charge is -2.16. The molecule has 2 heterocycles. The summed E-state index contributed by atoms with van der Waals surface area (Å²) in [5, 5.41) is 2.99. The maximum atomic E-state index is 12.8. The molecule has 4 heteroatoms. The first-order valence-electron chi connectivity index (χ1n) is 8.10. The number of carbonyl (C=O) groups is 1. The predicted octanol–water partition coefficient (Wildman–Crippen LogP) is 3.30. The van der Waals surface area contributed by atoms with E-state index >= 15 is 0 Å². The average molecular weight is 308 g/mol. The van der Waals surface area contributed by atoms with Crippen LogP contribution in [0.25, 0.3) is 0 Å². The fourth-order valence-corrected chi connectivity index (χ4v) is 3.17. The van der Waals surface area contributed by atoms with Crippen LogP contribution >= 0.6 is 0 Å². The number of nitrogens with zero attached hydrogens (tertiary/aromatic N) is 1. The molecule has 0 radical (unpaired) electrons. The molecule has 1 aromatic heterocycles. The Morgan fingerprint density at radius 1 is 1.22 bits per heavy atom. The van der Waals surface area contributed by atoms with Crippen LogP contribution < -0.4 is 10.1 Å². The summed E-state index contributed by atoms with van der Waals surface area (Å²) in [4.78, 5) is 17.3. The monoisotopic (exact) mass is 308 g/mol. The van der Waals surface area contributed by atoms with Gasteiger partial charge in [-0.25, -0.2) is 4.98 Å². The van der Waals surface area contributed by atoms with Crippen molar-refractivity contribution in [2.75, 3.05) is 11.9 Å². The summed E-state index contributed by atoms with van der Waals surface area (Å²) in [6.07, 6.45) is 2.71. The zero-order valence-corrected chi connectivity index (χ0v) is 13.5. The van der Waals surface area contributed by atoms with E-state index in [9.17, 15) is 4.79 Å². The van der Waals surface area contributed by atoms with Gasteiger partial charge >= 0.3 is 0 Å². The molecule has 118 valence electrons. The predicted molar refractivity (Wildman–Crippen MR) is 88.9 cm³/mol. The molecular formula is C19H20N2O2. The molecule has 0 atom stereocenters. The van der Waals surface area contributed by atoms with Gasteiger partial charge in [0.25, 0.3) is 0 Å². The largest absolute Gasteiger partial charge is 0.493 e. The number of ether oxygens (including phenoxy) is 1. The van der Waals surface area contributed by atoms with Crippen LogP contribution in [0.5, 0.6) is 5.75 Å². The lowest BCUT2D eigenvalue weighted by Crippen LogP contribution is -2.28. The minimum atomic E-state index is -0.415. The number of carbonyl (C=O) groups excluding carboxylic acids is 1. The third-order valence-electron chi connectivity index (χ3n) is 5.03. The van der Waals surface area contributed by atoms with Crippen molar-refractivity contribution < 1.29 is 9.53 Å². The number of amides is 1. The Balaban J connectivity index is 1.59. The smallest absolute Gasteiger partial charge is 0.236 e. The average Bonchev–Trinajstić information content (AvgIpc) is 3.22. The number of aromatic nitrogens is 1. The molecule has 1 amide bonds. The molecule has 0 unspecified atom stereocenters. The minimum Gasteiger partial charge on any atom is -0.493 e. The van der Waals surface area contributed by atoms with E-state index < -0.39 is 5.41 Å². The van der Waals surface area contributed by atoms with Gasteiger partial charge in [0.05, 0.1) is 12.0 Å². The number of anilines is 1. The van der Waals surface area contributed by atoms with E-state index in [1.54, 1.807) is 0 Å².